The lowest BCUT2D eigenvalue weighted by atomic mass is 10.3. The second-order valence-electron chi connectivity index (χ2n) is 6.07. The number of hydrogen-bond donors (Lipinski definition) is 0. The summed E-state index contributed by atoms with van der Waals surface area (Å²) in [6, 6.07) is 6.85. The number of ether oxygens (including phenoxy) is 1. The van der Waals surface area contributed by atoms with Crippen LogP contribution in [-0.2, 0) is 6.54 Å². The molecule has 7 nitrogen and oxygen atoms in total. The number of aromatic nitrogens is 3. The van der Waals surface area contributed by atoms with Gasteiger partial charge in [0.2, 0.25) is 0 Å². The van der Waals surface area contributed by atoms with Gasteiger partial charge in [0.15, 0.2) is 11.6 Å². The Morgan fingerprint density at radius 3 is 2.79 bits per heavy atom. The number of nitrogens with zero attached hydrogens (tertiary/aromatic N) is 4. The summed E-state index contributed by atoms with van der Waals surface area (Å²) in [5.41, 5.74) is 1.23. The predicted molar refractivity (Wildman–Crippen MR) is 104 cm³/mol. The monoisotopic (exact) mass is 398 g/mol. The Kier molecular flexibility index (Phi) is 4.52. The lowest BCUT2D eigenvalue weighted by Gasteiger charge is -2.07. The zero-order valence-electron chi connectivity index (χ0n) is 15.0. The molecule has 0 radical (unpaired) electrons. The molecule has 0 saturated heterocycles. The van der Waals surface area contributed by atoms with Crippen molar-refractivity contribution in [2.24, 2.45) is 0 Å². The number of pyridine rings is 1. The fourth-order valence-electron chi connectivity index (χ4n) is 2.87. The number of nitro benzene ring substituents is 1. The molecule has 9 heteroatoms. The quantitative estimate of drug-likeness (QED) is 0.335. The van der Waals surface area contributed by atoms with Crippen LogP contribution in [0.4, 0.5) is 10.1 Å². The van der Waals surface area contributed by atoms with E-state index in [9.17, 15) is 14.5 Å². The molecule has 1 aromatic carbocycles. The highest BCUT2D eigenvalue weighted by atomic mass is 32.1. The molecule has 28 heavy (non-hydrogen) atoms. The van der Waals surface area contributed by atoms with E-state index in [2.05, 4.69) is 21.5 Å². The van der Waals surface area contributed by atoms with Crippen LogP contribution in [0.5, 0.6) is 11.5 Å². The van der Waals surface area contributed by atoms with Crippen molar-refractivity contribution in [3.8, 4) is 22.1 Å². The Balaban J connectivity index is 1.72. The van der Waals surface area contributed by atoms with E-state index >= 15 is 0 Å². The number of halogens is 1. The summed E-state index contributed by atoms with van der Waals surface area (Å²) in [5.74, 6) is 0.473. The van der Waals surface area contributed by atoms with Gasteiger partial charge in [0, 0.05) is 31.1 Å². The smallest absolute Gasteiger partial charge is 0.272 e. The average molecular weight is 398 g/mol. The largest absolute Gasteiger partial charge is 0.453 e. The number of fused-ring (bicyclic) bond motifs is 1. The summed E-state index contributed by atoms with van der Waals surface area (Å²) < 4.78 is 22.7. The molecule has 0 aliphatic rings. The van der Waals surface area contributed by atoms with E-state index in [-0.39, 0.29) is 11.4 Å². The zero-order chi connectivity index (χ0) is 19.8. The Morgan fingerprint density at radius 1 is 1.29 bits per heavy atom. The maximum Gasteiger partial charge on any atom is 0.272 e. The van der Waals surface area contributed by atoms with Crippen molar-refractivity contribution in [3.05, 3.63) is 64.5 Å². The molecule has 4 rings (SSSR count). The van der Waals surface area contributed by atoms with Gasteiger partial charge in [-0.25, -0.2) is 9.37 Å². The van der Waals surface area contributed by atoms with Crippen LogP contribution < -0.4 is 4.74 Å². The van der Waals surface area contributed by atoms with Crippen molar-refractivity contribution in [2.45, 2.75) is 20.4 Å². The van der Waals surface area contributed by atoms with E-state index in [1.54, 1.807) is 12.3 Å². The lowest BCUT2D eigenvalue weighted by molar-refractivity contribution is -0.385. The third-order valence-corrected chi connectivity index (χ3v) is 5.45. The summed E-state index contributed by atoms with van der Waals surface area (Å²) in [6.45, 7) is 4.83. The molecule has 0 unspecified atom stereocenters. The van der Waals surface area contributed by atoms with E-state index in [4.69, 9.17) is 4.74 Å². The van der Waals surface area contributed by atoms with E-state index in [1.807, 2.05) is 19.2 Å². The number of aryl methyl sites for hydroxylation is 2. The van der Waals surface area contributed by atoms with E-state index in [1.165, 1.54) is 23.5 Å². The molecule has 0 aliphatic heterocycles. The Labute approximate surface area is 163 Å². The Hall–Kier alpha value is -3.33. The molecule has 0 saturated carbocycles. The number of imidazole rings is 1. The summed E-state index contributed by atoms with van der Waals surface area (Å²) >= 11 is 1.45. The second-order valence-corrected chi connectivity index (χ2v) is 7.12. The lowest BCUT2D eigenvalue weighted by Crippen LogP contribution is -1.93. The fourth-order valence-corrected chi connectivity index (χ4v) is 3.89. The molecule has 0 bridgehead atoms. The molecule has 0 aliphatic carbocycles. The number of hydrogen-bond acceptors (Lipinski definition) is 6. The van der Waals surface area contributed by atoms with Gasteiger partial charge in [-0.2, -0.15) is 0 Å². The minimum Gasteiger partial charge on any atom is -0.453 e. The molecular formula is C19H15FN4O3S. The van der Waals surface area contributed by atoms with Crippen molar-refractivity contribution in [1.29, 1.82) is 0 Å². The van der Waals surface area contributed by atoms with Crippen LogP contribution in [0.1, 0.15) is 12.7 Å². The Morgan fingerprint density at radius 2 is 2.11 bits per heavy atom. The van der Waals surface area contributed by atoms with Gasteiger partial charge in [-0.15, -0.1) is 11.3 Å². The number of benzene rings is 1. The van der Waals surface area contributed by atoms with Gasteiger partial charge >= 0.3 is 0 Å². The van der Waals surface area contributed by atoms with Crippen LogP contribution in [0.2, 0.25) is 0 Å². The zero-order valence-corrected chi connectivity index (χ0v) is 15.9. The molecule has 3 heterocycles. The first-order valence-electron chi connectivity index (χ1n) is 8.50. The average Bonchev–Trinajstić information content (AvgIpc) is 3.27. The standard InChI is InChI=1S/C19H15FN4O3S/c1-3-23-10-15(22-11(23)2)18-9-14-19(28-18)17(6-7-21-14)27-16-5-4-12(24(25)26)8-13(16)20/h4-10H,3H2,1-2H3. The maximum atomic E-state index is 14.2. The van der Waals surface area contributed by atoms with Crippen LogP contribution in [0, 0.1) is 22.9 Å². The molecular weight excluding hydrogens is 383 g/mol. The molecule has 0 N–H and O–H groups in total. The first kappa shape index (κ1) is 18.1. The summed E-state index contributed by atoms with van der Waals surface area (Å²) in [7, 11) is 0. The van der Waals surface area contributed by atoms with Crippen LogP contribution in [0.15, 0.2) is 42.7 Å². The van der Waals surface area contributed by atoms with Gasteiger partial charge in [-0.1, -0.05) is 0 Å². The topological polar surface area (TPSA) is 83.1 Å². The third kappa shape index (κ3) is 3.20. The highest BCUT2D eigenvalue weighted by molar-refractivity contribution is 7.22. The van der Waals surface area contributed by atoms with E-state index < -0.39 is 10.7 Å². The fraction of sp³-hybridized carbons (Fsp3) is 0.158. The highest BCUT2D eigenvalue weighted by Gasteiger charge is 2.16. The summed E-state index contributed by atoms with van der Waals surface area (Å²) in [4.78, 5) is 20.0. The van der Waals surface area contributed by atoms with Gasteiger partial charge in [-0.05, 0) is 26.0 Å². The first-order valence-corrected chi connectivity index (χ1v) is 9.32. The maximum absolute atomic E-state index is 14.2. The predicted octanol–water partition coefficient (Wildman–Crippen LogP) is 5.33. The molecule has 0 atom stereocenters. The second kappa shape index (κ2) is 7.01. The minimum atomic E-state index is -0.798. The summed E-state index contributed by atoms with van der Waals surface area (Å²) in [5, 5.41) is 10.8. The van der Waals surface area contributed by atoms with Crippen molar-refractivity contribution in [1.82, 2.24) is 14.5 Å². The van der Waals surface area contributed by atoms with Gasteiger partial charge < -0.3 is 9.30 Å². The number of nitro groups is 1. The molecule has 0 fully saturated rings. The van der Waals surface area contributed by atoms with Crippen molar-refractivity contribution in [3.63, 3.8) is 0 Å². The first-order chi connectivity index (χ1) is 13.5. The van der Waals surface area contributed by atoms with Crippen molar-refractivity contribution >= 4 is 27.2 Å². The SMILES string of the molecule is CCn1cc(-c2cc3nccc(Oc4ccc([N+](=O)[O-])cc4F)c3s2)nc1C. The van der Waals surface area contributed by atoms with Gasteiger partial charge in [0.25, 0.3) is 5.69 Å². The van der Waals surface area contributed by atoms with E-state index in [0.29, 0.717) is 11.3 Å². The van der Waals surface area contributed by atoms with Crippen molar-refractivity contribution < 1.29 is 14.1 Å². The molecule has 142 valence electrons. The Bertz CT molecular complexity index is 1200. The summed E-state index contributed by atoms with van der Waals surface area (Å²) in [6.07, 6.45) is 3.56. The minimum absolute atomic E-state index is 0.0841. The van der Waals surface area contributed by atoms with Gasteiger partial charge in [0.05, 0.1) is 31.8 Å². The molecule has 3 aromatic heterocycles. The number of non-ortho nitro benzene ring substituents is 1. The number of thiophene rings is 1. The third-order valence-electron chi connectivity index (χ3n) is 4.29. The molecule has 0 spiro atoms. The molecule has 4 aromatic rings. The van der Waals surface area contributed by atoms with Crippen molar-refractivity contribution in [2.75, 3.05) is 0 Å². The highest BCUT2D eigenvalue weighted by Crippen LogP contribution is 2.39. The van der Waals surface area contributed by atoms with E-state index in [0.717, 1.165) is 33.7 Å². The van der Waals surface area contributed by atoms with Crippen LogP contribution >= 0.6 is 11.3 Å². The van der Waals surface area contributed by atoms with Crippen LogP contribution in [-0.4, -0.2) is 19.5 Å². The number of rotatable bonds is 5. The van der Waals surface area contributed by atoms with Gasteiger partial charge in [0.1, 0.15) is 11.6 Å². The van der Waals surface area contributed by atoms with Crippen LogP contribution in [0.3, 0.4) is 0 Å². The van der Waals surface area contributed by atoms with Gasteiger partial charge in [-0.3, -0.25) is 15.1 Å². The van der Waals surface area contributed by atoms with Crippen LogP contribution in [0.25, 0.3) is 20.8 Å². The molecule has 0 amide bonds. The normalized spacial score (nSPS) is 11.1.